The van der Waals surface area contributed by atoms with Gasteiger partial charge in [0.15, 0.2) is 0 Å². The standard InChI is InChI=1S/C19H32N2O3/c1-3-9-23-14-16-12-20(2)19(22)18-5-8-21(7-4-17(16)18)11-15-6-10-24-13-15/h3,15-18H,1,4-14H2,2H3/t15-,16+,17-,18-/m1/s1. The number of likely N-dealkylation sites (tertiary alicyclic amines) is 2. The van der Waals surface area contributed by atoms with Crippen LogP contribution in [0.3, 0.4) is 0 Å². The van der Waals surface area contributed by atoms with E-state index in [0.29, 0.717) is 30.3 Å². The fourth-order valence-electron chi connectivity index (χ4n) is 4.67. The summed E-state index contributed by atoms with van der Waals surface area (Å²) in [5, 5.41) is 0. The average molecular weight is 336 g/mol. The van der Waals surface area contributed by atoms with Crippen LogP contribution in [0.5, 0.6) is 0 Å². The van der Waals surface area contributed by atoms with Gasteiger partial charge in [-0.15, -0.1) is 6.58 Å². The number of hydrogen-bond acceptors (Lipinski definition) is 4. The number of fused-ring (bicyclic) bond motifs is 1. The molecule has 4 atom stereocenters. The zero-order valence-electron chi connectivity index (χ0n) is 15.0. The predicted octanol–water partition coefficient (Wildman–Crippen LogP) is 1.64. The lowest BCUT2D eigenvalue weighted by Crippen LogP contribution is -2.50. The van der Waals surface area contributed by atoms with E-state index < -0.39 is 0 Å². The van der Waals surface area contributed by atoms with Crippen LogP contribution in [0.25, 0.3) is 0 Å². The SMILES string of the molecule is C=CCOC[C@@H]1CN(C)C(=O)[C@@H]2CCN(C[C@H]3CCOC3)CC[C@H]12. The summed E-state index contributed by atoms with van der Waals surface area (Å²) < 4.78 is 11.3. The van der Waals surface area contributed by atoms with Crippen LogP contribution in [0.1, 0.15) is 19.3 Å². The minimum absolute atomic E-state index is 0.172. The number of rotatable bonds is 6. The van der Waals surface area contributed by atoms with E-state index in [1.807, 2.05) is 11.9 Å². The first-order valence-corrected chi connectivity index (χ1v) is 9.42. The van der Waals surface area contributed by atoms with Gasteiger partial charge in [-0.2, -0.15) is 0 Å². The molecule has 0 bridgehead atoms. The zero-order chi connectivity index (χ0) is 16.9. The third-order valence-electron chi connectivity index (χ3n) is 5.97. The molecule has 3 fully saturated rings. The molecule has 3 heterocycles. The van der Waals surface area contributed by atoms with Crippen molar-refractivity contribution in [2.75, 3.05) is 59.7 Å². The lowest BCUT2D eigenvalue weighted by molar-refractivity contribution is -0.144. The van der Waals surface area contributed by atoms with Crippen molar-refractivity contribution in [1.82, 2.24) is 9.80 Å². The van der Waals surface area contributed by atoms with Gasteiger partial charge in [0, 0.05) is 38.6 Å². The molecule has 0 aromatic rings. The zero-order valence-corrected chi connectivity index (χ0v) is 15.0. The van der Waals surface area contributed by atoms with Crippen molar-refractivity contribution >= 4 is 5.91 Å². The van der Waals surface area contributed by atoms with Gasteiger partial charge in [0.05, 0.1) is 19.8 Å². The molecule has 0 aromatic carbocycles. The molecule has 0 radical (unpaired) electrons. The Morgan fingerprint density at radius 3 is 2.92 bits per heavy atom. The van der Waals surface area contributed by atoms with Gasteiger partial charge in [-0.05, 0) is 44.2 Å². The summed E-state index contributed by atoms with van der Waals surface area (Å²) in [5.74, 6) is 2.10. The lowest BCUT2D eigenvalue weighted by Gasteiger charge is -2.41. The monoisotopic (exact) mass is 336 g/mol. The van der Waals surface area contributed by atoms with Gasteiger partial charge >= 0.3 is 0 Å². The highest BCUT2D eigenvalue weighted by Gasteiger charge is 2.42. The van der Waals surface area contributed by atoms with E-state index in [9.17, 15) is 4.79 Å². The van der Waals surface area contributed by atoms with Crippen molar-refractivity contribution in [3.05, 3.63) is 12.7 Å². The van der Waals surface area contributed by atoms with Crippen LogP contribution in [0.4, 0.5) is 0 Å². The molecule has 3 aliphatic heterocycles. The highest BCUT2D eigenvalue weighted by molar-refractivity contribution is 5.79. The van der Waals surface area contributed by atoms with E-state index in [1.165, 1.54) is 6.42 Å². The second kappa shape index (κ2) is 8.45. The van der Waals surface area contributed by atoms with Gasteiger partial charge in [0.1, 0.15) is 0 Å². The highest BCUT2D eigenvalue weighted by atomic mass is 16.5. The maximum absolute atomic E-state index is 12.7. The van der Waals surface area contributed by atoms with Crippen molar-refractivity contribution in [3.63, 3.8) is 0 Å². The van der Waals surface area contributed by atoms with E-state index >= 15 is 0 Å². The first kappa shape index (κ1) is 17.9. The molecule has 0 spiro atoms. The molecule has 5 heteroatoms. The Morgan fingerprint density at radius 2 is 2.17 bits per heavy atom. The lowest BCUT2D eigenvalue weighted by atomic mass is 9.75. The van der Waals surface area contributed by atoms with Crippen molar-refractivity contribution in [1.29, 1.82) is 0 Å². The molecule has 136 valence electrons. The van der Waals surface area contributed by atoms with Crippen LogP contribution in [0.2, 0.25) is 0 Å². The van der Waals surface area contributed by atoms with Gasteiger partial charge in [-0.1, -0.05) is 6.08 Å². The average Bonchev–Trinajstić information content (AvgIpc) is 2.99. The summed E-state index contributed by atoms with van der Waals surface area (Å²) in [7, 11) is 1.94. The first-order valence-electron chi connectivity index (χ1n) is 9.42. The molecule has 3 saturated heterocycles. The minimum atomic E-state index is 0.172. The number of carbonyl (C=O) groups excluding carboxylic acids is 1. The number of carbonyl (C=O) groups is 1. The van der Waals surface area contributed by atoms with Gasteiger partial charge < -0.3 is 19.3 Å². The molecule has 0 saturated carbocycles. The van der Waals surface area contributed by atoms with E-state index in [-0.39, 0.29) is 5.92 Å². The van der Waals surface area contributed by atoms with Crippen molar-refractivity contribution in [2.45, 2.75) is 19.3 Å². The van der Waals surface area contributed by atoms with Crippen molar-refractivity contribution in [3.8, 4) is 0 Å². The Labute approximate surface area is 146 Å². The van der Waals surface area contributed by atoms with E-state index in [2.05, 4.69) is 11.5 Å². The number of ether oxygens (including phenoxy) is 2. The fraction of sp³-hybridized carbons (Fsp3) is 0.842. The Kier molecular flexibility index (Phi) is 6.31. The Bertz CT molecular complexity index is 436. The Hall–Kier alpha value is -0.910. The van der Waals surface area contributed by atoms with Gasteiger partial charge in [0.2, 0.25) is 5.91 Å². The van der Waals surface area contributed by atoms with E-state index in [4.69, 9.17) is 9.47 Å². The van der Waals surface area contributed by atoms with Crippen LogP contribution in [0.15, 0.2) is 12.7 Å². The van der Waals surface area contributed by atoms with Gasteiger partial charge in [-0.3, -0.25) is 4.79 Å². The van der Waals surface area contributed by atoms with Crippen molar-refractivity contribution < 1.29 is 14.3 Å². The summed E-state index contributed by atoms with van der Waals surface area (Å²) in [6.45, 7) is 11.0. The third-order valence-corrected chi connectivity index (χ3v) is 5.97. The molecule has 0 aliphatic carbocycles. The van der Waals surface area contributed by atoms with Crippen LogP contribution < -0.4 is 0 Å². The summed E-state index contributed by atoms with van der Waals surface area (Å²) in [6, 6.07) is 0. The topological polar surface area (TPSA) is 42.0 Å². The van der Waals surface area contributed by atoms with Gasteiger partial charge in [0.25, 0.3) is 0 Å². The Morgan fingerprint density at radius 1 is 1.33 bits per heavy atom. The second-order valence-electron chi connectivity index (χ2n) is 7.68. The summed E-state index contributed by atoms with van der Waals surface area (Å²) in [6.07, 6.45) is 5.08. The number of amides is 1. The molecule has 1 amide bonds. The fourth-order valence-corrected chi connectivity index (χ4v) is 4.67. The second-order valence-corrected chi connectivity index (χ2v) is 7.68. The quantitative estimate of drug-likeness (QED) is 0.546. The maximum Gasteiger partial charge on any atom is 0.225 e. The molecular weight excluding hydrogens is 304 g/mol. The molecule has 24 heavy (non-hydrogen) atoms. The first-order chi connectivity index (χ1) is 11.7. The van der Waals surface area contributed by atoms with Gasteiger partial charge in [-0.25, -0.2) is 0 Å². The van der Waals surface area contributed by atoms with Crippen LogP contribution in [-0.2, 0) is 14.3 Å². The molecular formula is C19H32N2O3. The molecule has 3 rings (SSSR count). The maximum atomic E-state index is 12.7. The van der Waals surface area contributed by atoms with Crippen molar-refractivity contribution in [2.24, 2.45) is 23.7 Å². The highest BCUT2D eigenvalue weighted by Crippen LogP contribution is 2.36. The molecule has 3 aliphatic rings. The van der Waals surface area contributed by atoms with E-state index in [0.717, 1.165) is 58.8 Å². The summed E-state index contributed by atoms with van der Waals surface area (Å²) in [4.78, 5) is 17.2. The number of piperidine rings is 1. The normalized spacial score (nSPS) is 34.9. The predicted molar refractivity (Wildman–Crippen MR) is 93.7 cm³/mol. The van der Waals surface area contributed by atoms with Crippen LogP contribution in [-0.4, -0.2) is 75.4 Å². The Balaban J connectivity index is 1.61. The van der Waals surface area contributed by atoms with Crippen LogP contribution in [0, 0.1) is 23.7 Å². The number of hydrogen-bond donors (Lipinski definition) is 0. The summed E-state index contributed by atoms with van der Waals surface area (Å²) >= 11 is 0. The minimum Gasteiger partial charge on any atom is -0.381 e. The third kappa shape index (κ3) is 4.19. The number of nitrogens with zero attached hydrogens (tertiary/aromatic N) is 2. The van der Waals surface area contributed by atoms with Crippen LogP contribution >= 0.6 is 0 Å². The molecule has 0 unspecified atom stereocenters. The largest absolute Gasteiger partial charge is 0.381 e. The van der Waals surface area contributed by atoms with E-state index in [1.54, 1.807) is 6.08 Å². The smallest absolute Gasteiger partial charge is 0.225 e. The molecule has 0 N–H and O–H groups in total. The summed E-state index contributed by atoms with van der Waals surface area (Å²) in [5.41, 5.74) is 0. The molecule has 0 aromatic heterocycles. The molecule has 5 nitrogen and oxygen atoms in total.